The third-order valence-electron chi connectivity index (χ3n) is 6.90. The van der Waals surface area contributed by atoms with Crippen LogP contribution in [0, 0.1) is 6.92 Å². The number of rotatable bonds is 5. The van der Waals surface area contributed by atoms with Crippen LogP contribution >= 0.6 is 0 Å². The summed E-state index contributed by atoms with van der Waals surface area (Å²) < 4.78 is 1.48. The van der Waals surface area contributed by atoms with Crippen LogP contribution in [0.15, 0.2) is 77.6 Å². The fourth-order valence-corrected chi connectivity index (χ4v) is 4.90. The normalized spacial score (nSPS) is 13.5. The lowest BCUT2D eigenvalue weighted by molar-refractivity contribution is -0.121. The average Bonchev–Trinajstić information content (AvgIpc) is 3.31. The number of para-hydroxylation sites is 3. The Kier molecular flexibility index (Phi) is 6.14. The van der Waals surface area contributed by atoms with Crippen molar-refractivity contribution >= 4 is 34.4 Å². The van der Waals surface area contributed by atoms with Crippen molar-refractivity contribution in [2.24, 2.45) is 0 Å². The first-order valence-corrected chi connectivity index (χ1v) is 12.1. The Morgan fingerprint density at radius 1 is 1.00 bits per heavy atom. The molecule has 36 heavy (non-hydrogen) atoms. The van der Waals surface area contributed by atoms with Gasteiger partial charge in [-0.25, -0.2) is 4.98 Å². The number of nitrogens with zero attached hydrogens (tertiary/aromatic N) is 4. The topological polar surface area (TPSA) is 75.5 Å². The van der Waals surface area contributed by atoms with Gasteiger partial charge in [-0.15, -0.1) is 0 Å². The first-order chi connectivity index (χ1) is 17.4. The molecule has 1 aliphatic rings. The van der Waals surface area contributed by atoms with Gasteiger partial charge in [0.05, 0.1) is 17.6 Å². The molecule has 3 aromatic carbocycles. The molecule has 4 aromatic rings. The smallest absolute Gasteiger partial charge is 0.295 e. The van der Waals surface area contributed by atoms with E-state index in [0.717, 1.165) is 28.8 Å². The van der Waals surface area contributed by atoms with Gasteiger partial charge < -0.3 is 4.90 Å². The van der Waals surface area contributed by atoms with Gasteiger partial charge in [-0.05, 0) is 55.2 Å². The maximum atomic E-state index is 13.9. The Morgan fingerprint density at radius 2 is 1.69 bits per heavy atom. The van der Waals surface area contributed by atoms with Crippen LogP contribution < -0.4 is 15.4 Å². The van der Waals surface area contributed by atoms with Gasteiger partial charge in [-0.2, -0.15) is 0 Å². The fourth-order valence-electron chi connectivity index (χ4n) is 4.90. The monoisotopic (exact) mass is 480 g/mol. The molecule has 1 aromatic heterocycles. The highest BCUT2D eigenvalue weighted by Crippen LogP contribution is 2.30. The number of carbonyl (C=O) groups is 2. The van der Waals surface area contributed by atoms with Gasteiger partial charge in [0.2, 0.25) is 17.6 Å². The predicted octanol–water partition coefficient (Wildman–Crippen LogP) is 4.41. The predicted molar refractivity (Wildman–Crippen MR) is 141 cm³/mol. The van der Waals surface area contributed by atoms with Gasteiger partial charge in [0.15, 0.2) is 0 Å². The molecular weight excluding hydrogens is 452 g/mol. The van der Waals surface area contributed by atoms with E-state index < -0.39 is 11.6 Å². The summed E-state index contributed by atoms with van der Waals surface area (Å²) in [6.45, 7) is 5.91. The lowest BCUT2D eigenvalue weighted by Crippen LogP contribution is -2.42. The van der Waals surface area contributed by atoms with Crippen LogP contribution in [0.3, 0.4) is 0 Å². The summed E-state index contributed by atoms with van der Waals surface area (Å²) in [6, 6.07) is 22.0. The summed E-state index contributed by atoms with van der Waals surface area (Å²) in [6.07, 6.45) is 0.778. The van der Waals surface area contributed by atoms with Crippen LogP contribution in [0.5, 0.6) is 0 Å². The molecule has 0 bridgehead atoms. The third-order valence-corrected chi connectivity index (χ3v) is 6.90. The first kappa shape index (κ1) is 23.5. The molecule has 0 spiro atoms. The van der Waals surface area contributed by atoms with E-state index in [0.29, 0.717) is 17.6 Å². The number of amides is 2. The number of carbonyl (C=O) groups excluding carboxylic acids is 2. The number of hydrogen-bond acceptors (Lipinski definition) is 4. The first-order valence-electron chi connectivity index (χ1n) is 12.1. The molecule has 1 aliphatic heterocycles. The minimum Gasteiger partial charge on any atom is -0.310 e. The molecule has 7 heteroatoms. The van der Waals surface area contributed by atoms with Crippen LogP contribution in [0.1, 0.15) is 36.6 Å². The number of fused-ring (bicyclic) bond motifs is 2. The molecule has 182 valence electrons. The highest BCUT2D eigenvalue weighted by atomic mass is 16.2. The molecule has 0 aliphatic carbocycles. The third kappa shape index (κ3) is 4.06. The molecular formula is C29H28N4O3. The zero-order valence-electron chi connectivity index (χ0n) is 20.6. The molecule has 0 saturated carbocycles. The van der Waals surface area contributed by atoms with E-state index >= 15 is 0 Å². The SMILES string of the molecule is CC(=O)N(Cc1ccccc1C)c1nc2ccccc2n([C@@H](C)C(=O)N2CCc3ccccc32)c1=O. The second-order valence-electron chi connectivity index (χ2n) is 9.18. The maximum absolute atomic E-state index is 13.9. The van der Waals surface area contributed by atoms with E-state index in [4.69, 9.17) is 0 Å². The van der Waals surface area contributed by atoms with Crippen LogP contribution in [0.4, 0.5) is 11.5 Å². The zero-order chi connectivity index (χ0) is 25.4. The molecule has 0 saturated heterocycles. The number of aryl methyl sites for hydroxylation is 1. The summed E-state index contributed by atoms with van der Waals surface area (Å²) in [5.74, 6) is -0.444. The molecule has 2 heterocycles. The lowest BCUT2D eigenvalue weighted by atomic mass is 10.1. The minimum atomic E-state index is -0.789. The van der Waals surface area contributed by atoms with E-state index in [9.17, 15) is 14.4 Å². The van der Waals surface area contributed by atoms with Crippen molar-refractivity contribution in [1.82, 2.24) is 9.55 Å². The van der Waals surface area contributed by atoms with Crippen LogP contribution in [-0.2, 0) is 22.6 Å². The minimum absolute atomic E-state index is 0.0194. The summed E-state index contributed by atoms with van der Waals surface area (Å²) in [5.41, 5.74) is 4.57. The van der Waals surface area contributed by atoms with Gasteiger partial charge in [0.1, 0.15) is 6.04 Å². The maximum Gasteiger partial charge on any atom is 0.295 e. The fraction of sp³-hybridized carbons (Fsp3) is 0.241. The highest BCUT2D eigenvalue weighted by Gasteiger charge is 2.31. The zero-order valence-corrected chi connectivity index (χ0v) is 20.6. The molecule has 0 N–H and O–H groups in total. The van der Waals surface area contributed by atoms with Crippen molar-refractivity contribution in [2.45, 2.75) is 39.8 Å². The lowest BCUT2D eigenvalue weighted by Gasteiger charge is -2.26. The average molecular weight is 481 g/mol. The van der Waals surface area contributed by atoms with Gasteiger partial charge >= 0.3 is 0 Å². The summed E-state index contributed by atoms with van der Waals surface area (Å²) in [5, 5.41) is 0. The molecule has 1 atom stereocenters. The van der Waals surface area contributed by atoms with Crippen LogP contribution in [-0.4, -0.2) is 27.9 Å². The Balaban J connectivity index is 1.62. The Hall–Kier alpha value is -4.26. The number of aromatic nitrogens is 2. The Labute approximate surface area is 209 Å². The largest absolute Gasteiger partial charge is 0.310 e. The van der Waals surface area contributed by atoms with Gasteiger partial charge in [0, 0.05) is 19.2 Å². The van der Waals surface area contributed by atoms with Gasteiger partial charge in [-0.1, -0.05) is 54.6 Å². The number of hydrogen-bond donors (Lipinski definition) is 0. The van der Waals surface area contributed by atoms with Gasteiger partial charge in [0.25, 0.3) is 5.56 Å². The van der Waals surface area contributed by atoms with E-state index in [1.165, 1.54) is 16.4 Å². The van der Waals surface area contributed by atoms with Crippen molar-refractivity contribution in [3.8, 4) is 0 Å². The van der Waals surface area contributed by atoms with Crippen molar-refractivity contribution in [3.05, 3.63) is 99.8 Å². The molecule has 5 rings (SSSR count). The standard InChI is InChI=1S/C29H28N4O3/c1-19-10-4-5-12-23(19)18-32(21(3)34)27-29(36)33(26-15-9-7-13-24(26)30-27)20(2)28(35)31-17-16-22-11-6-8-14-25(22)31/h4-15,20H,16-18H2,1-3H3/t20-/m0/s1. The summed E-state index contributed by atoms with van der Waals surface area (Å²) >= 11 is 0. The Morgan fingerprint density at radius 3 is 2.47 bits per heavy atom. The van der Waals surface area contributed by atoms with Crippen LogP contribution in [0.2, 0.25) is 0 Å². The summed E-state index contributed by atoms with van der Waals surface area (Å²) in [7, 11) is 0. The van der Waals surface area contributed by atoms with Crippen LogP contribution in [0.25, 0.3) is 11.0 Å². The van der Waals surface area contributed by atoms with E-state index in [1.807, 2.05) is 67.6 Å². The second-order valence-corrected chi connectivity index (χ2v) is 9.18. The van der Waals surface area contributed by atoms with E-state index in [2.05, 4.69) is 4.98 Å². The number of anilines is 2. The van der Waals surface area contributed by atoms with Gasteiger partial charge in [-0.3, -0.25) is 23.9 Å². The van der Waals surface area contributed by atoms with Crippen molar-refractivity contribution in [3.63, 3.8) is 0 Å². The molecule has 0 fully saturated rings. The Bertz CT molecular complexity index is 1540. The number of benzene rings is 3. The molecule has 0 radical (unpaired) electrons. The van der Waals surface area contributed by atoms with E-state index in [1.54, 1.807) is 24.0 Å². The quantitative estimate of drug-likeness (QED) is 0.424. The molecule has 0 unspecified atom stereocenters. The molecule has 2 amide bonds. The van der Waals surface area contributed by atoms with Crippen molar-refractivity contribution in [1.29, 1.82) is 0 Å². The van der Waals surface area contributed by atoms with Crippen molar-refractivity contribution in [2.75, 3.05) is 16.3 Å². The second kappa shape index (κ2) is 9.41. The summed E-state index contributed by atoms with van der Waals surface area (Å²) in [4.78, 5) is 48.2. The highest BCUT2D eigenvalue weighted by molar-refractivity contribution is 5.99. The van der Waals surface area contributed by atoms with Crippen molar-refractivity contribution < 1.29 is 9.59 Å². The van der Waals surface area contributed by atoms with E-state index in [-0.39, 0.29) is 24.2 Å². The molecule has 7 nitrogen and oxygen atoms in total.